The fourth-order valence-corrected chi connectivity index (χ4v) is 4.35. The van der Waals surface area contributed by atoms with Crippen molar-refractivity contribution in [2.45, 2.75) is 44.1 Å². The van der Waals surface area contributed by atoms with Crippen molar-refractivity contribution < 1.29 is 14.5 Å². The molecular formula is C19H21N3O4S. The van der Waals surface area contributed by atoms with Gasteiger partial charge in [0, 0.05) is 28.1 Å². The average molecular weight is 387 g/mol. The molecule has 0 aliphatic heterocycles. The fraction of sp³-hybridized carbons (Fsp3) is 0.368. The van der Waals surface area contributed by atoms with Crippen LogP contribution in [0.5, 0.6) is 0 Å². The van der Waals surface area contributed by atoms with Crippen molar-refractivity contribution in [2.24, 2.45) is 5.73 Å². The molecule has 3 rings (SSSR count). The van der Waals surface area contributed by atoms with Crippen LogP contribution >= 0.6 is 11.3 Å². The highest BCUT2D eigenvalue weighted by Crippen LogP contribution is 2.35. The molecule has 1 heterocycles. The van der Waals surface area contributed by atoms with Gasteiger partial charge >= 0.3 is 0 Å². The first kappa shape index (κ1) is 19.0. The van der Waals surface area contributed by atoms with Gasteiger partial charge in [-0.15, -0.1) is 11.3 Å². The number of nitrogens with one attached hydrogen (secondary N) is 1. The second kappa shape index (κ2) is 8.30. The first-order chi connectivity index (χ1) is 13.0. The van der Waals surface area contributed by atoms with Crippen LogP contribution in [0.4, 0.5) is 5.69 Å². The summed E-state index contributed by atoms with van der Waals surface area (Å²) in [5.41, 5.74) is 5.28. The van der Waals surface area contributed by atoms with Crippen LogP contribution in [0.2, 0.25) is 0 Å². The maximum absolute atomic E-state index is 13.1. The van der Waals surface area contributed by atoms with Crippen LogP contribution in [0.1, 0.15) is 58.8 Å². The molecule has 1 fully saturated rings. The number of amides is 2. The Labute approximate surface area is 160 Å². The van der Waals surface area contributed by atoms with Crippen LogP contribution in [0.15, 0.2) is 35.7 Å². The van der Waals surface area contributed by atoms with Gasteiger partial charge in [0.25, 0.3) is 5.69 Å². The topological polar surface area (TPSA) is 115 Å². The summed E-state index contributed by atoms with van der Waals surface area (Å²) in [6, 6.07) is 7.73. The zero-order valence-corrected chi connectivity index (χ0v) is 15.5. The van der Waals surface area contributed by atoms with E-state index >= 15 is 0 Å². The maximum atomic E-state index is 13.1. The first-order valence-electron chi connectivity index (χ1n) is 8.89. The summed E-state index contributed by atoms with van der Waals surface area (Å²) in [5, 5.41) is 16.5. The number of nitro benzene ring substituents is 1. The van der Waals surface area contributed by atoms with Gasteiger partial charge in [0.1, 0.15) is 5.92 Å². The third kappa shape index (κ3) is 4.33. The molecule has 0 bridgehead atoms. The number of benzene rings is 1. The summed E-state index contributed by atoms with van der Waals surface area (Å²) < 4.78 is 0. The first-order valence-corrected chi connectivity index (χ1v) is 9.77. The van der Waals surface area contributed by atoms with E-state index in [2.05, 4.69) is 5.32 Å². The Hall–Kier alpha value is -2.74. The Morgan fingerprint density at radius 1 is 1.22 bits per heavy atom. The lowest BCUT2D eigenvalue weighted by molar-refractivity contribution is -0.385. The predicted molar refractivity (Wildman–Crippen MR) is 103 cm³/mol. The second-order valence-electron chi connectivity index (χ2n) is 6.69. The van der Waals surface area contributed by atoms with Crippen molar-refractivity contribution in [3.05, 3.63) is 61.8 Å². The molecule has 1 saturated carbocycles. The van der Waals surface area contributed by atoms with E-state index in [4.69, 9.17) is 5.73 Å². The SMILES string of the molecule is NC(=O)c1ccc(C(C(=O)NC2CCCCC2)c2cccs2)c([N+](=O)[O-])c1. The van der Waals surface area contributed by atoms with Crippen molar-refractivity contribution >= 4 is 28.8 Å². The predicted octanol–water partition coefficient (Wildman–Crippen LogP) is 3.34. The molecule has 1 unspecified atom stereocenters. The number of hydrogen-bond acceptors (Lipinski definition) is 5. The Bertz CT molecular complexity index is 845. The number of primary amides is 1. The molecule has 7 nitrogen and oxygen atoms in total. The van der Waals surface area contributed by atoms with E-state index in [0.717, 1.165) is 36.6 Å². The highest BCUT2D eigenvalue weighted by Gasteiger charge is 2.32. The number of hydrogen-bond donors (Lipinski definition) is 2. The van der Waals surface area contributed by atoms with Gasteiger partial charge in [-0.2, -0.15) is 0 Å². The average Bonchev–Trinajstić information content (AvgIpc) is 3.17. The van der Waals surface area contributed by atoms with E-state index in [1.807, 2.05) is 11.4 Å². The molecule has 8 heteroatoms. The molecular weight excluding hydrogens is 366 g/mol. The zero-order valence-electron chi connectivity index (χ0n) is 14.7. The maximum Gasteiger partial charge on any atom is 0.274 e. The molecule has 1 aromatic carbocycles. The number of carbonyl (C=O) groups is 2. The highest BCUT2D eigenvalue weighted by atomic mass is 32.1. The highest BCUT2D eigenvalue weighted by molar-refractivity contribution is 7.10. The molecule has 27 heavy (non-hydrogen) atoms. The lowest BCUT2D eigenvalue weighted by atomic mass is 9.91. The number of carbonyl (C=O) groups excluding carboxylic acids is 2. The third-order valence-corrected chi connectivity index (χ3v) is 5.80. The van der Waals surface area contributed by atoms with Crippen molar-refractivity contribution in [1.82, 2.24) is 5.32 Å². The number of thiophene rings is 1. The molecule has 2 amide bonds. The molecule has 142 valence electrons. The van der Waals surface area contributed by atoms with Gasteiger partial charge in [0.05, 0.1) is 4.92 Å². The van der Waals surface area contributed by atoms with Crippen LogP contribution in [0.25, 0.3) is 0 Å². The third-order valence-electron chi connectivity index (χ3n) is 4.86. The summed E-state index contributed by atoms with van der Waals surface area (Å²) in [6.07, 6.45) is 5.15. The molecule has 1 aromatic heterocycles. The van der Waals surface area contributed by atoms with Gasteiger partial charge in [-0.3, -0.25) is 19.7 Å². The minimum Gasteiger partial charge on any atom is -0.366 e. The summed E-state index contributed by atoms with van der Waals surface area (Å²) in [4.78, 5) is 36.2. The van der Waals surface area contributed by atoms with Crippen LogP contribution in [-0.4, -0.2) is 22.8 Å². The molecule has 0 spiro atoms. The van der Waals surface area contributed by atoms with Gasteiger partial charge in [-0.05, 0) is 30.4 Å². The minimum absolute atomic E-state index is 0.0445. The van der Waals surface area contributed by atoms with Crippen LogP contribution in [-0.2, 0) is 4.79 Å². The number of nitrogens with zero attached hydrogens (tertiary/aromatic N) is 1. The quantitative estimate of drug-likeness (QED) is 0.584. The Morgan fingerprint density at radius 3 is 2.56 bits per heavy atom. The van der Waals surface area contributed by atoms with E-state index in [9.17, 15) is 19.7 Å². The Morgan fingerprint density at radius 2 is 1.96 bits per heavy atom. The van der Waals surface area contributed by atoms with E-state index in [0.29, 0.717) is 0 Å². The van der Waals surface area contributed by atoms with Crippen LogP contribution < -0.4 is 11.1 Å². The Balaban J connectivity index is 1.99. The number of nitrogens with two attached hydrogens (primary N) is 1. The molecule has 0 saturated heterocycles. The van der Waals surface area contributed by atoms with Crippen LogP contribution in [0, 0.1) is 10.1 Å². The lowest BCUT2D eigenvalue weighted by Gasteiger charge is -2.25. The standard InChI is InChI=1S/C19H21N3O4S/c20-18(23)12-8-9-14(15(11-12)22(25)26)17(16-7-4-10-27-16)19(24)21-13-5-2-1-3-6-13/h4,7-11,13,17H,1-3,5-6H2,(H2,20,23)(H,21,24). The zero-order chi connectivity index (χ0) is 19.4. The normalized spacial score (nSPS) is 15.9. The van der Waals surface area contributed by atoms with Crippen molar-refractivity contribution in [3.8, 4) is 0 Å². The summed E-state index contributed by atoms with van der Waals surface area (Å²) in [5.74, 6) is -1.79. The van der Waals surface area contributed by atoms with Crippen LogP contribution in [0.3, 0.4) is 0 Å². The molecule has 2 aromatic rings. The van der Waals surface area contributed by atoms with Crippen molar-refractivity contribution in [2.75, 3.05) is 0 Å². The summed E-state index contributed by atoms with van der Waals surface area (Å²) >= 11 is 1.37. The second-order valence-corrected chi connectivity index (χ2v) is 7.67. The monoisotopic (exact) mass is 387 g/mol. The van der Waals surface area contributed by atoms with Gasteiger partial charge in [0.2, 0.25) is 11.8 Å². The summed E-state index contributed by atoms with van der Waals surface area (Å²) in [6.45, 7) is 0. The van der Waals surface area contributed by atoms with Gasteiger partial charge < -0.3 is 11.1 Å². The molecule has 1 atom stereocenters. The van der Waals surface area contributed by atoms with E-state index in [-0.39, 0.29) is 28.8 Å². The summed E-state index contributed by atoms with van der Waals surface area (Å²) in [7, 11) is 0. The van der Waals surface area contributed by atoms with Gasteiger partial charge in [-0.1, -0.05) is 31.4 Å². The van der Waals surface area contributed by atoms with Crippen molar-refractivity contribution in [1.29, 1.82) is 0 Å². The molecule has 3 N–H and O–H groups in total. The number of rotatable bonds is 6. The van der Waals surface area contributed by atoms with Gasteiger partial charge in [-0.25, -0.2) is 0 Å². The number of nitro groups is 1. The van der Waals surface area contributed by atoms with E-state index in [1.165, 1.54) is 29.9 Å². The minimum atomic E-state index is -0.797. The fourth-order valence-electron chi connectivity index (χ4n) is 3.51. The van der Waals surface area contributed by atoms with E-state index in [1.54, 1.807) is 6.07 Å². The largest absolute Gasteiger partial charge is 0.366 e. The molecule has 0 radical (unpaired) electrons. The molecule has 1 aliphatic carbocycles. The molecule has 1 aliphatic rings. The lowest BCUT2D eigenvalue weighted by Crippen LogP contribution is -2.39. The Kier molecular flexibility index (Phi) is 5.85. The van der Waals surface area contributed by atoms with Crippen molar-refractivity contribution in [3.63, 3.8) is 0 Å². The smallest absolute Gasteiger partial charge is 0.274 e. The van der Waals surface area contributed by atoms with E-state index < -0.39 is 16.7 Å². The van der Waals surface area contributed by atoms with Gasteiger partial charge in [0.15, 0.2) is 0 Å².